The maximum atomic E-state index is 13.4. The molecule has 0 aromatic heterocycles. The smallest absolute Gasteiger partial charge is 0.125 e. The summed E-state index contributed by atoms with van der Waals surface area (Å²) in [5.74, 6) is 4.46. The van der Waals surface area contributed by atoms with Crippen molar-refractivity contribution in [3.05, 3.63) is 359 Å². The Hall–Kier alpha value is -11.4. The first-order chi connectivity index (χ1) is 61.7. The van der Waals surface area contributed by atoms with Crippen LogP contribution in [0.15, 0.2) is 170 Å². The molecule has 0 amide bonds. The van der Waals surface area contributed by atoms with E-state index >= 15 is 0 Å². The number of ether oxygens (including phenoxy) is 4. The molecule has 12 aromatic carbocycles. The molecular formula is C120H140O10. The number of phenolic OH excluding ortho intramolecular Hbond substituents is 6. The molecule has 3 aliphatic rings. The predicted octanol–water partition coefficient (Wildman–Crippen LogP) is 27.3. The van der Waals surface area contributed by atoms with Crippen LogP contribution >= 0.6 is 0 Å². The van der Waals surface area contributed by atoms with E-state index in [0.29, 0.717) is 89.9 Å². The lowest BCUT2D eigenvalue weighted by Gasteiger charge is -2.28. The molecule has 0 saturated heterocycles. The van der Waals surface area contributed by atoms with Crippen LogP contribution in [-0.2, 0) is 122 Å². The van der Waals surface area contributed by atoms with Crippen molar-refractivity contribution >= 4 is 0 Å². The second-order valence-corrected chi connectivity index (χ2v) is 42.2. The largest absolute Gasteiger partial charge is 0.507 e. The summed E-state index contributed by atoms with van der Waals surface area (Å²) < 4.78 is 26.1. The molecule has 0 radical (unpaired) electrons. The van der Waals surface area contributed by atoms with Gasteiger partial charge >= 0.3 is 0 Å². The Bertz CT molecular complexity index is 5620. The van der Waals surface area contributed by atoms with Gasteiger partial charge in [-0.3, -0.25) is 0 Å². The molecule has 0 heterocycles. The Labute approximate surface area is 775 Å². The highest BCUT2D eigenvalue weighted by Crippen LogP contribution is 2.49. The first kappa shape index (κ1) is 93.3. The monoisotopic (exact) mass is 1740 g/mol. The third kappa shape index (κ3) is 19.0. The van der Waals surface area contributed by atoms with E-state index in [-0.39, 0.29) is 67.0 Å². The molecule has 0 unspecified atom stereocenters. The normalized spacial score (nSPS) is 13.8. The number of hydrogen-bond donors (Lipinski definition) is 6. The molecule has 15 rings (SSSR count). The van der Waals surface area contributed by atoms with Crippen LogP contribution in [0.3, 0.4) is 0 Å². The number of hydrogen-bond acceptors (Lipinski definition) is 10. The van der Waals surface area contributed by atoms with Gasteiger partial charge in [0.15, 0.2) is 0 Å². The highest BCUT2D eigenvalue weighted by molar-refractivity contribution is 5.64. The quantitative estimate of drug-likeness (QED) is 0.0434. The Kier molecular flexibility index (Phi) is 26.4. The number of fused-ring (bicyclic) bond motifs is 24. The Morgan fingerprint density at radius 2 is 0.354 bits per heavy atom. The van der Waals surface area contributed by atoms with Gasteiger partial charge in [-0.15, -0.1) is 0 Å². The molecule has 0 fully saturated rings. The number of benzene rings is 12. The van der Waals surface area contributed by atoms with E-state index in [0.717, 1.165) is 240 Å². The van der Waals surface area contributed by atoms with Crippen molar-refractivity contribution in [2.75, 3.05) is 28.4 Å². The van der Waals surface area contributed by atoms with E-state index in [1.54, 1.807) is 28.4 Å². The minimum absolute atomic E-state index is 0.209. The highest BCUT2D eigenvalue weighted by atomic mass is 16.5. The SMILES string of the molecule is CCC(C)(C)c1cc2cc(c1)Cc1cc(Cc3cc4c(O)c(c3)Cc3cc(C(C)(C)CC)cc(c3OC)Cc3cccc(c3O)Cc3cc(C(C)(C)CC)cc(c3OC)C4)cc(c1O)Cc1cc(cc(C(C)(C)CC)c1)Cc1cc(Cc3cc4c(O)c(c3)Cc3cc(C(C)(C)CC)cc(c3OC)Cc3cccc(c3O)Cc3cc(C(C)(C)CC)cc(c3OC)C4)cc(c1O)C2. The third-order valence-electron chi connectivity index (χ3n) is 31.0. The van der Waals surface area contributed by atoms with Crippen molar-refractivity contribution in [2.24, 2.45) is 0 Å². The van der Waals surface area contributed by atoms with Gasteiger partial charge in [-0.25, -0.2) is 0 Å². The van der Waals surface area contributed by atoms with Gasteiger partial charge in [0.25, 0.3) is 0 Å². The van der Waals surface area contributed by atoms with Gasteiger partial charge in [-0.1, -0.05) is 294 Å². The van der Waals surface area contributed by atoms with E-state index < -0.39 is 0 Å². The lowest BCUT2D eigenvalue weighted by atomic mass is 9.78. The fourth-order valence-corrected chi connectivity index (χ4v) is 20.3. The van der Waals surface area contributed by atoms with E-state index in [2.05, 4.69) is 270 Å². The Balaban J connectivity index is 0.886. The molecular weight excluding hydrogens is 1600 g/mol. The van der Waals surface area contributed by atoms with Gasteiger partial charge in [-0.05, 0) is 273 Å². The van der Waals surface area contributed by atoms with Gasteiger partial charge in [0, 0.05) is 77.0 Å². The van der Waals surface area contributed by atoms with Crippen molar-refractivity contribution in [1.82, 2.24) is 0 Å². The van der Waals surface area contributed by atoms with Crippen LogP contribution in [0, 0.1) is 0 Å². The topological polar surface area (TPSA) is 158 Å². The van der Waals surface area contributed by atoms with Gasteiger partial charge in [0.2, 0.25) is 0 Å². The summed E-state index contributed by atoms with van der Waals surface area (Å²) in [7, 11) is 6.94. The molecule has 3 aliphatic carbocycles. The number of rotatable bonds is 20. The standard InChI is InChI=1S/C120H140O10/c1-23-115(7,8)99-51-75-37-76(52-99)48-84-40-72(36-74-45-89-61-97-69-103(119(15,16)27-5)65-93(113(97)129-21)57-81-33-30-34-82(106(81)122)58-94-66-104(120(17,18)28-6)70-98(114(94)130-22)62-90(46-74)110(89)126)42-86(108(84)124)50-78-38-77(53-100(54-78)116(9,10)24-2)49-85-41-71(39-83(47-75)107(85)123)35-73-43-87-59-95-67-101(117(11,12)25-3)63-91(111(95)127-19)55-79-31-29-32-80(105(79)121)56-92-64-102(118(13,14)26-4)68-96(112(92)128-20)60-88(44-73)109(87)125/h29-34,37-46,51-54,63-70,121-126H,23-28,35-36,47-50,55-62H2,1-22H3. The summed E-state index contributed by atoms with van der Waals surface area (Å²) in [5, 5.41) is 78.1. The number of methoxy groups -OCH3 is 4. The van der Waals surface area contributed by atoms with Crippen molar-refractivity contribution in [1.29, 1.82) is 0 Å². The minimum Gasteiger partial charge on any atom is -0.507 e. The maximum Gasteiger partial charge on any atom is 0.125 e. The van der Waals surface area contributed by atoms with Crippen LogP contribution in [0.2, 0.25) is 0 Å². The second-order valence-electron chi connectivity index (χ2n) is 42.2. The number of phenols is 6. The van der Waals surface area contributed by atoms with Crippen molar-refractivity contribution < 1.29 is 49.6 Å². The molecule has 10 heteroatoms. The first-order valence-electron chi connectivity index (χ1n) is 47.7. The van der Waals surface area contributed by atoms with Gasteiger partial charge in [0.05, 0.1) is 28.4 Å². The van der Waals surface area contributed by atoms with Crippen LogP contribution in [0.25, 0.3) is 0 Å². The van der Waals surface area contributed by atoms with Crippen LogP contribution in [0.1, 0.15) is 352 Å². The fourth-order valence-electron chi connectivity index (χ4n) is 20.3. The zero-order valence-corrected chi connectivity index (χ0v) is 81.6. The summed E-state index contributed by atoms with van der Waals surface area (Å²) in [6.07, 6.45) is 11.2. The molecule has 6 N–H and O–H groups in total. The van der Waals surface area contributed by atoms with Gasteiger partial charge in [0.1, 0.15) is 57.5 Å². The van der Waals surface area contributed by atoms with Gasteiger partial charge in [-0.2, -0.15) is 0 Å². The van der Waals surface area contributed by atoms with Crippen LogP contribution in [0.5, 0.6) is 57.5 Å². The predicted molar refractivity (Wildman–Crippen MR) is 533 cm³/mol. The maximum absolute atomic E-state index is 13.4. The van der Waals surface area contributed by atoms with E-state index in [9.17, 15) is 30.6 Å². The molecule has 12 aromatic rings. The summed E-state index contributed by atoms with van der Waals surface area (Å²) >= 11 is 0. The Morgan fingerprint density at radius 3 is 0.523 bits per heavy atom. The molecule has 0 saturated carbocycles. The lowest BCUT2D eigenvalue weighted by Crippen LogP contribution is -2.17. The summed E-state index contributed by atoms with van der Waals surface area (Å²) in [6.45, 7) is 40.9. The van der Waals surface area contributed by atoms with Crippen LogP contribution in [0.4, 0.5) is 0 Å². The van der Waals surface area contributed by atoms with E-state index in [1.165, 1.54) is 11.1 Å². The average molecular weight is 1740 g/mol. The molecule has 0 spiro atoms. The van der Waals surface area contributed by atoms with E-state index in [1.807, 2.05) is 24.3 Å². The first-order valence-corrected chi connectivity index (χ1v) is 47.7. The summed E-state index contributed by atoms with van der Waals surface area (Å²) in [4.78, 5) is 0. The van der Waals surface area contributed by atoms with Crippen molar-refractivity contribution in [3.63, 3.8) is 0 Å². The molecule has 130 heavy (non-hydrogen) atoms. The summed E-state index contributed by atoms with van der Waals surface area (Å²) in [5.41, 5.74) is 31.2. The zero-order valence-electron chi connectivity index (χ0n) is 81.6. The van der Waals surface area contributed by atoms with Crippen LogP contribution in [-0.4, -0.2) is 59.1 Å². The van der Waals surface area contributed by atoms with Crippen LogP contribution < -0.4 is 18.9 Å². The molecule has 0 aliphatic heterocycles. The number of para-hydroxylation sites is 2. The lowest BCUT2D eigenvalue weighted by molar-refractivity contribution is 0.402. The molecule has 0 atom stereocenters. The van der Waals surface area contributed by atoms with Crippen molar-refractivity contribution in [2.45, 2.75) is 286 Å². The number of aromatic hydroxyl groups is 6. The molecule has 10 nitrogen and oxygen atoms in total. The molecule has 24 bridgehead atoms. The summed E-state index contributed by atoms with van der Waals surface area (Å²) in [6, 6.07) is 61.9. The average Bonchev–Trinajstić information content (AvgIpc) is 0.770. The van der Waals surface area contributed by atoms with Gasteiger partial charge < -0.3 is 49.6 Å². The third-order valence-corrected chi connectivity index (χ3v) is 31.0. The Morgan fingerprint density at radius 1 is 0.200 bits per heavy atom. The second kappa shape index (κ2) is 36.8. The zero-order chi connectivity index (χ0) is 93.2. The fraction of sp³-hybridized carbons (Fsp3) is 0.400. The van der Waals surface area contributed by atoms with Crippen molar-refractivity contribution in [3.8, 4) is 57.5 Å². The van der Waals surface area contributed by atoms with E-state index in [4.69, 9.17) is 18.9 Å². The highest BCUT2D eigenvalue weighted by Gasteiger charge is 2.34. The molecule has 680 valence electrons. The minimum atomic E-state index is -0.241.